The molecule has 0 amide bonds. The summed E-state index contributed by atoms with van der Waals surface area (Å²) in [5, 5.41) is 8.96. The molecule has 6 heteroatoms. The summed E-state index contributed by atoms with van der Waals surface area (Å²) in [4.78, 5) is 22.9. The monoisotopic (exact) mass is 562 g/mol. The molecule has 0 saturated carbocycles. The Labute approximate surface area is 244 Å². The molecule has 2 aromatic carbocycles. The Hall–Kier alpha value is -3.54. The second-order valence-electron chi connectivity index (χ2n) is 10.7. The van der Waals surface area contributed by atoms with Crippen molar-refractivity contribution in [2.24, 2.45) is 5.92 Å². The first-order valence-corrected chi connectivity index (χ1v) is 15.2. The van der Waals surface area contributed by atoms with Crippen LogP contribution >= 0.6 is 0 Å². The number of allylic oxidation sites excluding steroid dienone is 2. The van der Waals surface area contributed by atoms with Crippen LogP contribution in [0.25, 0.3) is 22.3 Å². The standard InChI is InChI=1S/C18H32O2.C17H14O4/c19-18(20)16-10-8-6-4-2-1-3-5-7-9-13-17-14-11-12-15-17;1-19-13-10-6-9-12-14(18)17(20-2)15(21-16(12)13)11-7-4-3-5-8-11/h11,14,17H,1-10,12-13,15-16H2,(H,19,20);3-10H,1-2H3. The topological polar surface area (TPSA) is 86.0 Å². The predicted octanol–water partition coefficient (Wildman–Crippen LogP) is 9.20. The highest BCUT2D eigenvalue weighted by Crippen LogP contribution is 2.34. The fraction of sp³-hybridized carbons (Fsp3) is 0.486. The fourth-order valence-corrected chi connectivity index (χ4v) is 5.33. The van der Waals surface area contributed by atoms with Crippen LogP contribution in [0.2, 0.25) is 0 Å². The number of unbranched alkanes of at least 4 members (excludes halogenated alkanes) is 9. The van der Waals surface area contributed by atoms with Crippen LogP contribution in [-0.4, -0.2) is 25.3 Å². The third kappa shape index (κ3) is 10.4. The molecular formula is C35H46O6. The molecule has 1 atom stereocenters. The molecule has 41 heavy (non-hydrogen) atoms. The molecule has 0 bridgehead atoms. The van der Waals surface area contributed by atoms with Crippen molar-refractivity contribution in [2.45, 2.75) is 89.9 Å². The maximum atomic E-state index is 12.6. The SMILES string of the molecule is COc1c(-c2ccccc2)oc2c(OC)cccc2c1=O.O=C(O)CCCCCCCCCCCCC1C=CCC1. The van der Waals surface area contributed by atoms with E-state index < -0.39 is 5.97 Å². The molecule has 1 aromatic heterocycles. The molecule has 0 saturated heterocycles. The number of fused-ring (bicyclic) bond motifs is 1. The quantitative estimate of drug-likeness (QED) is 0.138. The number of hydrogen-bond acceptors (Lipinski definition) is 5. The number of carboxylic acid groups (broad SMARTS) is 1. The van der Waals surface area contributed by atoms with Gasteiger partial charge in [-0.3, -0.25) is 9.59 Å². The van der Waals surface area contributed by atoms with E-state index in [4.69, 9.17) is 19.0 Å². The van der Waals surface area contributed by atoms with E-state index in [1.165, 1.54) is 77.7 Å². The van der Waals surface area contributed by atoms with E-state index >= 15 is 0 Å². The highest BCUT2D eigenvalue weighted by atomic mass is 16.5. The van der Waals surface area contributed by atoms with E-state index in [0.29, 0.717) is 28.9 Å². The fourth-order valence-electron chi connectivity index (χ4n) is 5.33. The third-order valence-electron chi connectivity index (χ3n) is 7.63. The molecule has 6 nitrogen and oxygen atoms in total. The number of rotatable bonds is 16. The summed E-state index contributed by atoms with van der Waals surface area (Å²) in [5.41, 5.74) is 0.986. The van der Waals surface area contributed by atoms with E-state index in [2.05, 4.69) is 12.2 Å². The molecule has 3 aromatic rings. The first-order chi connectivity index (χ1) is 20.0. The van der Waals surface area contributed by atoms with Crippen LogP contribution in [0.1, 0.15) is 89.9 Å². The van der Waals surface area contributed by atoms with Gasteiger partial charge in [-0.05, 0) is 43.7 Å². The van der Waals surface area contributed by atoms with Crippen LogP contribution in [0, 0.1) is 5.92 Å². The summed E-state index contributed by atoms with van der Waals surface area (Å²) < 4.78 is 16.5. The number of carbonyl (C=O) groups is 1. The smallest absolute Gasteiger partial charge is 0.303 e. The molecular weight excluding hydrogens is 516 g/mol. The summed E-state index contributed by atoms with van der Waals surface area (Å²) in [6, 6.07) is 14.6. The zero-order valence-electron chi connectivity index (χ0n) is 24.7. The lowest BCUT2D eigenvalue weighted by atomic mass is 9.99. The normalized spacial score (nSPS) is 14.0. The predicted molar refractivity (Wildman–Crippen MR) is 166 cm³/mol. The van der Waals surface area contributed by atoms with Gasteiger partial charge in [-0.15, -0.1) is 0 Å². The van der Waals surface area contributed by atoms with Gasteiger partial charge < -0.3 is 19.0 Å². The number of aliphatic carboxylic acids is 1. The van der Waals surface area contributed by atoms with E-state index in [-0.39, 0.29) is 11.2 Å². The van der Waals surface area contributed by atoms with Crippen LogP contribution in [0.4, 0.5) is 0 Å². The van der Waals surface area contributed by atoms with E-state index in [0.717, 1.165) is 24.3 Å². The van der Waals surface area contributed by atoms with Gasteiger partial charge in [-0.1, -0.05) is 106 Å². The lowest BCUT2D eigenvalue weighted by Gasteiger charge is -2.10. The lowest BCUT2D eigenvalue weighted by Crippen LogP contribution is -2.08. The molecule has 1 aliphatic rings. The van der Waals surface area contributed by atoms with Crippen molar-refractivity contribution < 1.29 is 23.8 Å². The average molecular weight is 563 g/mol. The number of ether oxygens (including phenoxy) is 2. The first kappa shape index (κ1) is 32.0. The second-order valence-corrected chi connectivity index (χ2v) is 10.7. The molecule has 0 fully saturated rings. The largest absolute Gasteiger partial charge is 0.493 e. The summed E-state index contributed by atoms with van der Waals surface area (Å²) in [5.74, 6) is 1.35. The Bertz CT molecular complexity index is 1280. The number of methoxy groups -OCH3 is 2. The summed E-state index contributed by atoms with van der Waals surface area (Å²) in [6.45, 7) is 0. The minimum Gasteiger partial charge on any atom is -0.493 e. The third-order valence-corrected chi connectivity index (χ3v) is 7.63. The Morgan fingerprint density at radius 3 is 2.10 bits per heavy atom. The summed E-state index contributed by atoms with van der Waals surface area (Å²) in [6.07, 6.45) is 21.9. The Kier molecular flexibility index (Phi) is 14.0. The number of carboxylic acids is 1. The highest BCUT2D eigenvalue weighted by Gasteiger charge is 2.18. The Morgan fingerprint density at radius 2 is 1.51 bits per heavy atom. The van der Waals surface area contributed by atoms with Gasteiger partial charge in [0.05, 0.1) is 19.6 Å². The van der Waals surface area contributed by atoms with E-state index in [9.17, 15) is 9.59 Å². The van der Waals surface area contributed by atoms with E-state index in [1.54, 1.807) is 25.3 Å². The molecule has 1 unspecified atom stereocenters. The summed E-state index contributed by atoms with van der Waals surface area (Å²) >= 11 is 0. The van der Waals surface area contributed by atoms with Crippen LogP contribution in [0.5, 0.6) is 11.5 Å². The van der Waals surface area contributed by atoms with Gasteiger partial charge in [0.2, 0.25) is 11.2 Å². The maximum Gasteiger partial charge on any atom is 0.303 e. The van der Waals surface area contributed by atoms with E-state index in [1.807, 2.05) is 30.3 Å². The van der Waals surface area contributed by atoms with Crippen LogP contribution < -0.4 is 14.9 Å². The minimum absolute atomic E-state index is 0.196. The molecule has 1 N–H and O–H groups in total. The van der Waals surface area contributed by atoms with Crippen LogP contribution in [0.15, 0.2) is 69.9 Å². The van der Waals surface area contributed by atoms with Crippen LogP contribution in [0.3, 0.4) is 0 Å². The number of hydrogen-bond donors (Lipinski definition) is 1. The zero-order valence-corrected chi connectivity index (χ0v) is 24.7. The van der Waals surface area contributed by atoms with Gasteiger partial charge in [0.25, 0.3) is 0 Å². The minimum atomic E-state index is -0.655. The van der Waals surface area contributed by atoms with Crippen molar-refractivity contribution in [1.82, 2.24) is 0 Å². The molecule has 4 rings (SSSR count). The zero-order chi connectivity index (χ0) is 29.3. The second kappa shape index (κ2) is 18.0. The van der Waals surface area contributed by atoms with Crippen molar-refractivity contribution in [3.8, 4) is 22.8 Å². The Morgan fingerprint density at radius 1 is 0.854 bits per heavy atom. The lowest BCUT2D eigenvalue weighted by molar-refractivity contribution is -0.137. The van der Waals surface area contributed by atoms with Crippen molar-refractivity contribution >= 4 is 16.9 Å². The average Bonchev–Trinajstić information content (AvgIpc) is 3.52. The van der Waals surface area contributed by atoms with Crippen molar-refractivity contribution in [3.63, 3.8) is 0 Å². The maximum absolute atomic E-state index is 12.6. The number of para-hydroxylation sites is 1. The molecule has 1 aliphatic carbocycles. The van der Waals surface area contributed by atoms with Crippen molar-refractivity contribution in [3.05, 3.63) is 70.9 Å². The molecule has 0 spiro atoms. The van der Waals surface area contributed by atoms with Gasteiger partial charge in [0.15, 0.2) is 17.1 Å². The van der Waals surface area contributed by atoms with Crippen molar-refractivity contribution in [2.75, 3.05) is 14.2 Å². The van der Waals surface area contributed by atoms with Gasteiger partial charge in [0, 0.05) is 12.0 Å². The summed E-state index contributed by atoms with van der Waals surface area (Å²) in [7, 11) is 3.01. The molecule has 0 radical (unpaired) electrons. The van der Waals surface area contributed by atoms with Gasteiger partial charge in [0.1, 0.15) is 0 Å². The highest BCUT2D eigenvalue weighted by molar-refractivity contribution is 5.86. The van der Waals surface area contributed by atoms with Gasteiger partial charge >= 0.3 is 5.97 Å². The van der Waals surface area contributed by atoms with Gasteiger partial charge in [-0.25, -0.2) is 0 Å². The van der Waals surface area contributed by atoms with Crippen molar-refractivity contribution in [1.29, 1.82) is 0 Å². The molecule has 1 heterocycles. The Balaban J connectivity index is 0.000000226. The molecule has 0 aliphatic heterocycles. The first-order valence-electron chi connectivity index (χ1n) is 15.2. The van der Waals surface area contributed by atoms with Gasteiger partial charge in [-0.2, -0.15) is 0 Å². The van der Waals surface area contributed by atoms with Crippen LogP contribution in [-0.2, 0) is 4.79 Å². The number of benzene rings is 2. The molecule has 222 valence electrons.